The molecule has 0 aromatic rings. The number of allylic oxidation sites excluding steroid dienone is 2. The molecule has 0 fully saturated rings. The van der Waals surface area contributed by atoms with Crippen LogP contribution in [0.1, 0.15) is 163 Å². The highest BCUT2D eigenvalue weighted by molar-refractivity contribution is 5.49. The molecule has 0 aromatic carbocycles. The van der Waals surface area contributed by atoms with Gasteiger partial charge in [-0.05, 0) is 64.6 Å². The van der Waals surface area contributed by atoms with E-state index in [0.717, 1.165) is 19.1 Å². The molecule has 0 heterocycles. The van der Waals surface area contributed by atoms with Crippen molar-refractivity contribution in [1.82, 2.24) is 0 Å². The van der Waals surface area contributed by atoms with E-state index in [2.05, 4.69) is 84.1 Å². The van der Waals surface area contributed by atoms with Crippen LogP contribution < -0.4 is 5.73 Å². The first-order valence-corrected chi connectivity index (χ1v) is 18.8. The molecular formula is C43H93NO4. The highest BCUT2D eigenvalue weighted by Crippen LogP contribution is 2.14. The van der Waals surface area contributed by atoms with Gasteiger partial charge in [-0.15, -0.1) is 18.6 Å². The summed E-state index contributed by atoms with van der Waals surface area (Å²) in [5, 5.41) is 0. The second kappa shape index (κ2) is 80.0. The molecule has 1 aliphatic carbocycles. The Balaban J connectivity index is -0.0000000463. The number of methoxy groups -OCH3 is 3. The van der Waals surface area contributed by atoms with Crippen molar-refractivity contribution in [3.63, 3.8) is 0 Å². The highest BCUT2D eigenvalue weighted by Gasteiger charge is 2.13. The summed E-state index contributed by atoms with van der Waals surface area (Å²) in [6, 6.07) is 0. The molecule has 0 spiro atoms. The van der Waals surface area contributed by atoms with Crippen LogP contribution in [0.3, 0.4) is 0 Å². The summed E-state index contributed by atoms with van der Waals surface area (Å²) in [5.74, 6) is 0.916. The highest BCUT2D eigenvalue weighted by atomic mass is 16.5. The van der Waals surface area contributed by atoms with E-state index >= 15 is 0 Å². The van der Waals surface area contributed by atoms with E-state index < -0.39 is 0 Å². The van der Waals surface area contributed by atoms with Gasteiger partial charge in [0.2, 0.25) is 0 Å². The first kappa shape index (κ1) is 71.9. The molecule has 0 amide bonds. The predicted molar refractivity (Wildman–Crippen MR) is 225 cm³/mol. The topological polar surface area (TPSA) is 70.8 Å². The standard InChI is InChI=1S/C12H18O2.C7H14.C6H14O.C5H10O.5C2H6.C2H2.CH5N/c1-10-6-4-7-11(13-2)8-5-9-12(10)14-3;1-3-5-7-6-4-2;1-5-6(2,3)7-4;1-5(2)3-4-6;7*1-2/h5-8,10-12H,9H2,1-3H3;5,7H,3-4,6H2,1-2H3;5H2,1-4H3;4-5H,3H2,1-2H3;5*1-2H3;1-2H;2H2,1H3/t4?,10-,11+,12?;;;;;;;;;;/m1........../s1. The lowest BCUT2D eigenvalue weighted by molar-refractivity contribution is -0.108. The Kier molecular flexibility index (Phi) is 120. The van der Waals surface area contributed by atoms with Gasteiger partial charge < -0.3 is 24.7 Å². The Hall–Kier alpha value is -1.93. The van der Waals surface area contributed by atoms with Crippen molar-refractivity contribution in [2.45, 2.75) is 181 Å². The molecule has 5 heteroatoms. The average molecular weight is 688 g/mol. The average Bonchev–Trinajstić information content (AvgIpc) is 3.25. The minimum absolute atomic E-state index is 0.0362. The molecule has 5 nitrogen and oxygen atoms in total. The second-order valence-electron chi connectivity index (χ2n) is 9.28. The van der Waals surface area contributed by atoms with Crippen molar-refractivity contribution in [3.05, 3.63) is 42.2 Å². The molecule has 0 saturated carbocycles. The minimum atomic E-state index is 0.0362. The number of ether oxygens (including phenoxy) is 3. The number of unbranched alkanes of at least 4 members (excludes halogenated alkanes) is 1. The van der Waals surface area contributed by atoms with Crippen LogP contribution >= 0.6 is 0 Å². The SMILES string of the molecule is C#C.CC.CC.CC.CC.CC.CC(C)CC=O.CCC(C)(C)OC.CCC=CCCC.CN.COC1CC=C[C@@H](OC)C=C=C[C@H]1C. The summed E-state index contributed by atoms with van der Waals surface area (Å²) in [4.78, 5) is 9.62. The molecule has 0 aromatic heterocycles. The third-order valence-corrected chi connectivity index (χ3v) is 5.30. The quantitative estimate of drug-likeness (QED) is 0.113. The molecule has 1 aliphatic rings. The van der Waals surface area contributed by atoms with E-state index in [-0.39, 0.29) is 17.8 Å². The lowest BCUT2D eigenvalue weighted by Crippen LogP contribution is -2.20. The molecule has 48 heavy (non-hydrogen) atoms. The maximum absolute atomic E-state index is 9.62. The van der Waals surface area contributed by atoms with Gasteiger partial charge in [0.25, 0.3) is 0 Å². The number of rotatable bonds is 9. The molecular weight excluding hydrogens is 594 g/mol. The third kappa shape index (κ3) is 84.7. The number of aldehydes is 1. The van der Waals surface area contributed by atoms with E-state index in [1.807, 2.05) is 101 Å². The van der Waals surface area contributed by atoms with Crippen LogP contribution in [0.5, 0.6) is 0 Å². The summed E-state index contributed by atoms with van der Waals surface area (Å²) >= 11 is 0. The van der Waals surface area contributed by atoms with Gasteiger partial charge in [0.05, 0.1) is 11.7 Å². The van der Waals surface area contributed by atoms with Gasteiger partial charge in [-0.25, -0.2) is 0 Å². The van der Waals surface area contributed by atoms with Crippen molar-refractivity contribution in [3.8, 4) is 12.8 Å². The van der Waals surface area contributed by atoms with Gasteiger partial charge >= 0.3 is 0 Å². The molecule has 1 rings (SSSR count). The molecule has 0 radical (unpaired) electrons. The minimum Gasteiger partial charge on any atom is -0.381 e. The molecule has 0 bridgehead atoms. The van der Waals surface area contributed by atoms with Crippen LogP contribution in [-0.4, -0.2) is 52.5 Å². The Bertz CT molecular complexity index is 595. The number of terminal acetylenes is 1. The smallest absolute Gasteiger partial charge is 0.120 e. The van der Waals surface area contributed by atoms with Gasteiger partial charge in [-0.1, -0.05) is 142 Å². The first-order valence-electron chi connectivity index (χ1n) is 18.8. The summed E-state index contributed by atoms with van der Waals surface area (Å²) < 4.78 is 15.7. The molecule has 0 aliphatic heterocycles. The number of hydrogen-bond donors (Lipinski definition) is 1. The second-order valence-corrected chi connectivity index (χ2v) is 9.28. The first-order chi connectivity index (χ1) is 23.1. The fourth-order valence-electron chi connectivity index (χ4n) is 2.27. The maximum atomic E-state index is 9.62. The van der Waals surface area contributed by atoms with Gasteiger partial charge in [-0.2, -0.15) is 0 Å². The fraction of sp³-hybridized carbons (Fsp3) is 0.767. The number of nitrogens with two attached hydrogens (primary N) is 1. The number of hydrogen-bond acceptors (Lipinski definition) is 5. The molecule has 1 unspecified atom stereocenters. The lowest BCUT2D eigenvalue weighted by atomic mass is 10.0. The Morgan fingerprint density at radius 1 is 0.854 bits per heavy atom. The zero-order chi connectivity index (χ0) is 40.8. The molecule has 294 valence electrons. The Labute approximate surface area is 306 Å². The van der Waals surface area contributed by atoms with Crippen molar-refractivity contribution in [1.29, 1.82) is 0 Å². The lowest BCUT2D eigenvalue weighted by Gasteiger charge is -2.19. The van der Waals surface area contributed by atoms with Gasteiger partial charge in [0, 0.05) is 33.7 Å². The van der Waals surface area contributed by atoms with Crippen LogP contribution in [0.2, 0.25) is 0 Å². The van der Waals surface area contributed by atoms with E-state index in [4.69, 9.17) is 14.2 Å². The monoisotopic (exact) mass is 688 g/mol. The van der Waals surface area contributed by atoms with Crippen LogP contribution in [0, 0.1) is 24.7 Å². The molecule has 0 saturated heterocycles. The van der Waals surface area contributed by atoms with Gasteiger partial charge in [-0.3, -0.25) is 0 Å². The maximum Gasteiger partial charge on any atom is 0.120 e. The van der Waals surface area contributed by atoms with Crippen molar-refractivity contribution < 1.29 is 19.0 Å². The summed E-state index contributed by atoms with van der Waals surface area (Å²) in [7, 11) is 6.68. The van der Waals surface area contributed by atoms with Crippen LogP contribution in [0.4, 0.5) is 0 Å². The fourth-order valence-corrected chi connectivity index (χ4v) is 2.27. The van der Waals surface area contributed by atoms with Crippen molar-refractivity contribution >= 4 is 6.29 Å². The summed E-state index contributed by atoms with van der Waals surface area (Å²) in [5.41, 5.74) is 7.72. The normalized spacial score (nSPS) is 14.7. The predicted octanol–water partition coefficient (Wildman–Crippen LogP) is 13.1. The van der Waals surface area contributed by atoms with Crippen molar-refractivity contribution in [2.24, 2.45) is 17.6 Å². The summed E-state index contributed by atoms with van der Waals surface area (Å²) in [6.07, 6.45) is 28.2. The van der Waals surface area contributed by atoms with Crippen LogP contribution in [-0.2, 0) is 19.0 Å². The number of carbonyl (C=O) groups excluding carboxylic acids is 1. The Morgan fingerprint density at radius 3 is 1.56 bits per heavy atom. The zero-order valence-corrected chi connectivity index (χ0v) is 37.0. The van der Waals surface area contributed by atoms with Crippen LogP contribution in [0.25, 0.3) is 0 Å². The van der Waals surface area contributed by atoms with E-state index in [1.54, 1.807) is 21.3 Å². The van der Waals surface area contributed by atoms with Crippen LogP contribution in [0.15, 0.2) is 42.2 Å². The van der Waals surface area contributed by atoms with Crippen molar-refractivity contribution in [2.75, 3.05) is 28.4 Å². The van der Waals surface area contributed by atoms with E-state index in [9.17, 15) is 4.79 Å². The van der Waals surface area contributed by atoms with Gasteiger partial charge in [0.15, 0.2) is 0 Å². The Morgan fingerprint density at radius 2 is 1.31 bits per heavy atom. The molecule has 3 atom stereocenters. The van der Waals surface area contributed by atoms with E-state index in [0.29, 0.717) is 18.3 Å². The largest absolute Gasteiger partial charge is 0.381 e. The number of carbonyl (C=O) groups is 1. The van der Waals surface area contributed by atoms with E-state index in [1.165, 1.54) is 26.3 Å². The third-order valence-electron chi connectivity index (χ3n) is 5.30. The van der Waals surface area contributed by atoms with Gasteiger partial charge in [0.1, 0.15) is 12.4 Å². The zero-order valence-electron chi connectivity index (χ0n) is 37.0. The molecule has 2 N–H and O–H groups in total. The summed E-state index contributed by atoms with van der Waals surface area (Å²) in [6.45, 7) is 36.8.